The van der Waals surface area contributed by atoms with E-state index in [1.54, 1.807) is 30.3 Å². The van der Waals surface area contributed by atoms with Gasteiger partial charge < -0.3 is 25.6 Å². The van der Waals surface area contributed by atoms with E-state index in [1.807, 2.05) is 0 Å². The molecule has 0 aromatic heterocycles. The zero-order chi connectivity index (χ0) is 18.4. The molecule has 5 N–H and O–H groups in total. The second-order valence-corrected chi connectivity index (χ2v) is 5.58. The molecule has 2 aromatic carbocycles. The number of carboxylic acids is 1. The van der Waals surface area contributed by atoms with Gasteiger partial charge in [-0.15, -0.1) is 0 Å². The van der Waals surface area contributed by atoms with Crippen LogP contribution in [0.4, 0.5) is 0 Å². The summed E-state index contributed by atoms with van der Waals surface area (Å²) >= 11 is 0. The summed E-state index contributed by atoms with van der Waals surface area (Å²) in [6.45, 7) is 0. The predicted octanol–water partition coefficient (Wildman–Crippen LogP) is -0.573. The smallest absolute Gasteiger partial charge is 0.488 e. The number of nitrogens with one attached hydrogen (secondary N) is 1. The van der Waals surface area contributed by atoms with Crippen LogP contribution in [0.25, 0.3) is 0 Å². The van der Waals surface area contributed by atoms with Crippen LogP contribution in [0, 0.1) is 0 Å². The first kappa shape index (κ1) is 18.5. The number of aromatic hydroxyl groups is 1. The zero-order valence-corrected chi connectivity index (χ0v) is 13.3. The van der Waals surface area contributed by atoms with Gasteiger partial charge in [0.2, 0.25) is 5.91 Å². The van der Waals surface area contributed by atoms with Crippen LogP contribution in [0.3, 0.4) is 0 Å². The third kappa shape index (κ3) is 5.34. The van der Waals surface area contributed by atoms with E-state index >= 15 is 0 Å². The van der Waals surface area contributed by atoms with Crippen molar-refractivity contribution >= 4 is 24.5 Å². The highest BCUT2D eigenvalue weighted by molar-refractivity contribution is 6.59. The summed E-state index contributed by atoms with van der Waals surface area (Å²) in [7, 11) is -1.71. The largest absolute Gasteiger partial charge is 0.508 e. The van der Waals surface area contributed by atoms with Crippen LogP contribution in [-0.2, 0) is 22.4 Å². The maximum absolute atomic E-state index is 12.2. The SMILES string of the molecule is O=C(Cc1ccccc1B(O)O)N[C@@H](Cc1ccc(O)cc1)C(=O)O. The van der Waals surface area contributed by atoms with Gasteiger partial charge in [0.05, 0.1) is 6.42 Å². The van der Waals surface area contributed by atoms with Crippen LogP contribution in [-0.4, -0.2) is 45.3 Å². The first-order chi connectivity index (χ1) is 11.9. The van der Waals surface area contributed by atoms with E-state index in [0.29, 0.717) is 11.1 Å². The van der Waals surface area contributed by atoms with E-state index in [4.69, 9.17) is 0 Å². The lowest BCUT2D eigenvalue weighted by molar-refractivity contribution is -0.141. The number of phenols is 1. The summed E-state index contributed by atoms with van der Waals surface area (Å²) in [6.07, 6.45) is -0.112. The van der Waals surface area contributed by atoms with E-state index in [0.717, 1.165) is 0 Å². The summed E-state index contributed by atoms with van der Waals surface area (Å²) in [6, 6.07) is 11.2. The number of phenolic OH excluding ortho intramolecular Hbond substituents is 1. The highest BCUT2D eigenvalue weighted by atomic mass is 16.4. The number of hydrogen-bond acceptors (Lipinski definition) is 5. The number of amides is 1. The van der Waals surface area contributed by atoms with Gasteiger partial charge in [-0.25, -0.2) is 4.79 Å². The number of carbonyl (C=O) groups is 2. The van der Waals surface area contributed by atoms with E-state index in [-0.39, 0.29) is 24.1 Å². The summed E-state index contributed by atoms with van der Waals surface area (Å²) in [5, 5.41) is 39.6. The van der Waals surface area contributed by atoms with Gasteiger partial charge in [0.25, 0.3) is 0 Å². The molecular formula is C17H18BNO6. The average Bonchev–Trinajstić information content (AvgIpc) is 2.56. The maximum atomic E-state index is 12.2. The molecule has 0 saturated carbocycles. The lowest BCUT2D eigenvalue weighted by Crippen LogP contribution is -2.44. The minimum Gasteiger partial charge on any atom is -0.508 e. The van der Waals surface area contributed by atoms with Gasteiger partial charge >= 0.3 is 13.1 Å². The van der Waals surface area contributed by atoms with Gasteiger partial charge in [-0.1, -0.05) is 36.4 Å². The Kier molecular flexibility index (Phi) is 6.16. The molecule has 0 bridgehead atoms. The molecule has 0 spiro atoms. The minimum atomic E-state index is -1.71. The molecule has 0 radical (unpaired) electrons. The molecule has 2 aromatic rings. The number of carboxylic acid groups (broad SMARTS) is 1. The highest BCUT2D eigenvalue weighted by Gasteiger charge is 2.22. The van der Waals surface area contributed by atoms with Crippen LogP contribution in [0.15, 0.2) is 48.5 Å². The van der Waals surface area contributed by atoms with Crippen LogP contribution in [0.5, 0.6) is 5.75 Å². The van der Waals surface area contributed by atoms with Gasteiger partial charge in [0.1, 0.15) is 11.8 Å². The molecule has 0 saturated heterocycles. The van der Waals surface area contributed by atoms with Crippen molar-refractivity contribution in [1.29, 1.82) is 0 Å². The number of hydrogen-bond donors (Lipinski definition) is 5. The number of rotatable bonds is 7. The van der Waals surface area contributed by atoms with Crippen LogP contribution >= 0.6 is 0 Å². The summed E-state index contributed by atoms with van der Waals surface area (Å²) in [4.78, 5) is 23.6. The molecule has 0 aliphatic heterocycles. The fraction of sp³-hybridized carbons (Fsp3) is 0.176. The molecule has 8 heteroatoms. The topological polar surface area (TPSA) is 127 Å². The normalized spacial score (nSPS) is 11.6. The van der Waals surface area contributed by atoms with Crippen LogP contribution in [0.2, 0.25) is 0 Å². The van der Waals surface area contributed by atoms with Crippen molar-refractivity contribution in [3.63, 3.8) is 0 Å². The molecule has 0 aliphatic rings. The van der Waals surface area contributed by atoms with Crippen molar-refractivity contribution in [1.82, 2.24) is 5.32 Å². The third-order valence-electron chi connectivity index (χ3n) is 3.69. The quantitative estimate of drug-likeness (QED) is 0.429. The maximum Gasteiger partial charge on any atom is 0.488 e. The molecule has 7 nitrogen and oxygen atoms in total. The fourth-order valence-corrected chi connectivity index (χ4v) is 2.43. The Bertz CT molecular complexity index is 747. The summed E-state index contributed by atoms with van der Waals surface area (Å²) in [5.74, 6) is -1.66. The van der Waals surface area contributed by atoms with Gasteiger partial charge in [0, 0.05) is 6.42 Å². The highest BCUT2D eigenvalue weighted by Crippen LogP contribution is 2.11. The predicted molar refractivity (Wildman–Crippen MR) is 91.3 cm³/mol. The summed E-state index contributed by atoms with van der Waals surface area (Å²) in [5.41, 5.74) is 1.25. The van der Waals surface area contributed by atoms with Gasteiger partial charge in [-0.3, -0.25) is 4.79 Å². The van der Waals surface area contributed by atoms with Crippen molar-refractivity contribution in [2.75, 3.05) is 0 Å². The molecule has 0 aliphatic carbocycles. The second-order valence-electron chi connectivity index (χ2n) is 5.58. The molecular weight excluding hydrogens is 325 g/mol. The van der Waals surface area contributed by atoms with E-state index in [2.05, 4.69) is 5.32 Å². The third-order valence-corrected chi connectivity index (χ3v) is 3.69. The Morgan fingerprint density at radius 1 is 1.04 bits per heavy atom. The average molecular weight is 343 g/mol. The molecule has 25 heavy (non-hydrogen) atoms. The molecule has 130 valence electrons. The molecule has 0 fully saturated rings. The lowest BCUT2D eigenvalue weighted by atomic mass is 9.76. The zero-order valence-electron chi connectivity index (χ0n) is 13.3. The van der Waals surface area contributed by atoms with E-state index in [9.17, 15) is 29.9 Å². The molecule has 0 unspecified atom stereocenters. The fourth-order valence-electron chi connectivity index (χ4n) is 2.43. The molecule has 1 atom stereocenters. The van der Waals surface area contributed by atoms with Gasteiger partial charge in [0.15, 0.2) is 0 Å². The summed E-state index contributed by atoms with van der Waals surface area (Å²) < 4.78 is 0. The first-order valence-electron chi connectivity index (χ1n) is 7.61. The Morgan fingerprint density at radius 2 is 1.68 bits per heavy atom. The van der Waals surface area contributed by atoms with Gasteiger partial charge in [-0.05, 0) is 28.7 Å². The van der Waals surface area contributed by atoms with Crippen molar-refractivity contribution < 1.29 is 29.9 Å². The minimum absolute atomic E-state index is 0.0611. The Morgan fingerprint density at radius 3 is 2.28 bits per heavy atom. The number of carbonyl (C=O) groups excluding carboxylic acids is 1. The van der Waals surface area contributed by atoms with Crippen molar-refractivity contribution in [2.24, 2.45) is 0 Å². The molecule has 0 heterocycles. The van der Waals surface area contributed by atoms with Crippen molar-refractivity contribution in [3.8, 4) is 5.75 Å². The Balaban J connectivity index is 2.05. The lowest BCUT2D eigenvalue weighted by Gasteiger charge is -2.15. The van der Waals surface area contributed by atoms with E-state index < -0.39 is 25.0 Å². The number of aliphatic carboxylic acids is 1. The van der Waals surface area contributed by atoms with Crippen molar-refractivity contribution in [3.05, 3.63) is 59.7 Å². The van der Waals surface area contributed by atoms with Crippen molar-refractivity contribution in [2.45, 2.75) is 18.9 Å². The molecule has 1 amide bonds. The van der Waals surface area contributed by atoms with Crippen LogP contribution < -0.4 is 10.8 Å². The first-order valence-corrected chi connectivity index (χ1v) is 7.61. The van der Waals surface area contributed by atoms with Gasteiger partial charge in [-0.2, -0.15) is 0 Å². The Labute approximate surface area is 144 Å². The Hall–Kier alpha value is -2.84. The second kappa shape index (κ2) is 8.32. The van der Waals surface area contributed by atoms with Crippen LogP contribution in [0.1, 0.15) is 11.1 Å². The van der Waals surface area contributed by atoms with E-state index in [1.165, 1.54) is 18.2 Å². The standard InChI is InChI=1S/C17H18BNO6/c20-13-7-5-11(6-8-13)9-15(17(22)23)19-16(21)10-12-3-1-2-4-14(12)18(24)25/h1-8,15,20,24-25H,9-10H2,(H,19,21)(H,22,23)/t15-/m0/s1. The molecule has 2 rings (SSSR count). The monoisotopic (exact) mass is 343 g/mol. The number of benzene rings is 2.